The Morgan fingerprint density at radius 1 is 1.07 bits per heavy atom. The van der Waals surface area contributed by atoms with Crippen molar-refractivity contribution >= 4 is 21.9 Å². The van der Waals surface area contributed by atoms with Crippen LogP contribution in [0.25, 0.3) is 22.4 Å². The first-order chi connectivity index (χ1) is 18.8. The molecule has 1 aromatic heterocycles. The molecule has 0 spiro atoms. The summed E-state index contributed by atoms with van der Waals surface area (Å²) >= 11 is 0. The van der Waals surface area contributed by atoms with Crippen molar-refractivity contribution in [3.63, 3.8) is 0 Å². The Bertz CT molecular complexity index is 1550. The van der Waals surface area contributed by atoms with E-state index in [1.165, 1.54) is 13.4 Å². The van der Waals surface area contributed by atoms with E-state index < -0.39 is 27.5 Å². The first-order valence-electron chi connectivity index (χ1n) is 13.0. The van der Waals surface area contributed by atoms with Gasteiger partial charge >= 0.3 is 12.1 Å². The van der Waals surface area contributed by atoms with Crippen molar-refractivity contribution in [3.8, 4) is 28.1 Å². The van der Waals surface area contributed by atoms with Crippen molar-refractivity contribution in [2.45, 2.75) is 57.1 Å². The number of rotatable bonds is 8. The summed E-state index contributed by atoms with van der Waals surface area (Å²) in [7, 11) is -0.485. The highest BCUT2D eigenvalue weighted by molar-refractivity contribution is 7.90. The Labute approximate surface area is 234 Å². The van der Waals surface area contributed by atoms with E-state index in [2.05, 4.69) is 5.32 Å². The summed E-state index contributed by atoms with van der Waals surface area (Å²) in [5.41, 5.74) is 4.52. The molecular formula is C29H35N3O7S. The Hall–Kier alpha value is -3.86. The van der Waals surface area contributed by atoms with Crippen molar-refractivity contribution in [3.05, 3.63) is 53.2 Å². The third-order valence-corrected chi connectivity index (χ3v) is 7.65. The molecule has 2 aromatic carbocycles. The number of alkyl carbamates (subject to hydrolysis) is 1. The van der Waals surface area contributed by atoms with E-state index in [-0.39, 0.29) is 4.90 Å². The van der Waals surface area contributed by atoms with Gasteiger partial charge in [-0.2, -0.15) is 5.10 Å². The number of hydrogen-bond acceptors (Lipinski definition) is 8. The van der Waals surface area contributed by atoms with E-state index in [1.807, 2.05) is 18.2 Å². The highest BCUT2D eigenvalue weighted by atomic mass is 32.2. The molecule has 0 bridgehead atoms. The van der Waals surface area contributed by atoms with Crippen molar-refractivity contribution < 1.29 is 32.2 Å². The molecule has 0 radical (unpaired) electrons. The van der Waals surface area contributed by atoms with Gasteiger partial charge in [-0.1, -0.05) is 12.1 Å². The minimum absolute atomic E-state index is 0.211. The Kier molecular flexibility index (Phi) is 8.25. The van der Waals surface area contributed by atoms with Gasteiger partial charge in [0.25, 0.3) is 0 Å². The van der Waals surface area contributed by atoms with Gasteiger partial charge in [-0.3, -0.25) is 4.68 Å². The molecule has 1 heterocycles. The number of fused-ring (bicyclic) bond motifs is 3. The largest absolute Gasteiger partial charge is 0.496 e. The van der Waals surface area contributed by atoms with Crippen LogP contribution < -0.4 is 10.1 Å². The molecule has 1 aliphatic carbocycles. The number of amides is 1. The predicted molar refractivity (Wildman–Crippen MR) is 150 cm³/mol. The number of hydrogen-bond donors (Lipinski definition) is 1. The van der Waals surface area contributed by atoms with Gasteiger partial charge in [0.05, 0.1) is 24.8 Å². The van der Waals surface area contributed by atoms with E-state index in [0.29, 0.717) is 55.1 Å². The maximum Gasteiger partial charge on any atom is 0.407 e. The number of ether oxygens (including phenoxy) is 3. The van der Waals surface area contributed by atoms with Crippen LogP contribution in [0.2, 0.25) is 0 Å². The molecule has 40 heavy (non-hydrogen) atoms. The number of sulfone groups is 1. The van der Waals surface area contributed by atoms with Crippen molar-refractivity contribution in [2.75, 3.05) is 27.0 Å². The van der Waals surface area contributed by atoms with Gasteiger partial charge in [0.1, 0.15) is 17.0 Å². The summed E-state index contributed by atoms with van der Waals surface area (Å²) in [6.45, 7) is 6.11. The molecular weight excluding hydrogens is 534 g/mol. The molecule has 4 rings (SSSR count). The van der Waals surface area contributed by atoms with Gasteiger partial charge in [0, 0.05) is 36.0 Å². The van der Waals surface area contributed by atoms with Crippen LogP contribution in [-0.4, -0.2) is 62.9 Å². The quantitative estimate of drug-likeness (QED) is 0.312. The van der Waals surface area contributed by atoms with E-state index in [1.54, 1.807) is 50.8 Å². The van der Waals surface area contributed by atoms with Gasteiger partial charge < -0.3 is 19.5 Å². The zero-order chi connectivity index (χ0) is 29.2. The molecule has 1 aliphatic rings. The fourth-order valence-electron chi connectivity index (χ4n) is 4.77. The van der Waals surface area contributed by atoms with Gasteiger partial charge in [-0.05, 0) is 75.4 Å². The van der Waals surface area contributed by atoms with Crippen LogP contribution in [0.3, 0.4) is 0 Å². The standard InChI is InChI=1S/C29H35N3O7S/c1-29(2,3)39-28(34)30-13-8-14-32-26(27(33)38-5)21-12-11-19-16-24(37-4)22(17-23(19)25(21)31-32)18-9-7-10-20(15-18)40(6,35)36/h7,9-10,15-17H,8,11-14H2,1-6H3,(H,30,34). The summed E-state index contributed by atoms with van der Waals surface area (Å²) in [5.74, 6) is 0.139. The van der Waals surface area contributed by atoms with Crippen LogP contribution in [0, 0.1) is 0 Å². The van der Waals surface area contributed by atoms with Gasteiger partial charge in [-0.15, -0.1) is 0 Å². The van der Waals surface area contributed by atoms with E-state index in [4.69, 9.17) is 19.3 Å². The minimum atomic E-state index is -3.40. The van der Waals surface area contributed by atoms with Gasteiger partial charge in [0.15, 0.2) is 9.84 Å². The van der Waals surface area contributed by atoms with E-state index in [0.717, 1.165) is 22.3 Å². The van der Waals surface area contributed by atoms with Crippen molar-refractivity contribution in [1.82, 2.24) is 15.1 Å². The Morgan fingerprint density at radius 3 is 2.48 bits per heavy atom. The summed E-state index contributed by atoms with van der Waals surface area (Å²) in [4.78, 5) is 25.0. The molecule has 0 unspecified atom stereocenters. The summed E-state index contributed by atoms with van der Waals surface area (Å²) < 4.78 is 42.1. The Balaban J connectivity index is 1.70. The lowest BCUT2D eigenvalue weighted by Gasteiger charge is -2.20. The molecule has 0 fully saturated rings. The maximum atomic E-state index is 12.8. The number of methoxy groups -OCH3 is 2. The molecule has 1 amide bonds. The lowest BCUT2D eigenvalue weighted by atomic mass is 9.86. The third-order valence-electron chi connectivity index (χ3n) is 6.54. The number of nitrogens with one attached hydrogen (secondary N) is 1. The maximum absolute atomic E-state index is 12.8. The molecule has 214 valence electrons. The van der Waals surface area contributed by atoms with Crippen LogP contribution in [0.4, 0.5) is 4.79 Å². The van der Waals surface area contributed by atoms with Crippen LogP contribution in [0.15, 0.2) is 41.3 Å². The first kappa shape index (κ1) is 29.1. The highest BCUT2D eigenvalue weighted by Crippen LogP contribution is 2.42. The predicted octanol–water partition coefficient (Wildman–Crippen LogP) is 4.43. The molecule has 0 atom stereocenters. The number of nitrogens with zero attached hydrogens (tertiary/aromatic N) is 2. The zero-order valence-corrected chi connectivity index (χ0v) is 24.5. The molecule has 1 N–H and O–H groups in total. The Morgan fingerprint density at radius 2 is 1.82 bits per heavy atom. The van der Waals surface area contributed by atoms with Crippen molar-refractivity contribution in [1.29, 1.82) is 0 Å². The molecule has 0 aliphatic heterocycles. The smallest absolute Gasteiger partial charge is 0.407 e. The van der Waals surface area contributed by atoms with Crippen LogP contribution in [0.1, 0.15) is 48.8 Å². The van der Waals surface area contributed by atoms with E-state index >= 15 is 0 Å². The monoisotopic (exact) mass is 569 g/mol. The topological polar surface area (TPSA) is 126 Å². The van der Waals surface area contributed by atoms with Crippen molar-refractivity contribution in [2.24, 2.45) is 0 Å². The number of aryl methyl sites for hydroxylation is 2. The average molecular weight is 570 g/mol. The second-order valence-corrected chi connectivity index (χ2v) is 12.7. The van der Waals surface area contributed by atoms with Crippen LogP contribution in [-0.2, 0) is 38.7 Å². The lowest BCUT2D eigenvalue weighted by Crippen LogP contribution is -2.33. The fraction of sp³-hybridized carbons (Fsp3) is 0.414. The molecule has 3 aromatic rings. The van der Waals surface area contributed by atoms with Gasteiger partial charge in [0.2, 0.25) is 0 Å². The number of carbonyl (C=O) groups excluding carboxylic acids is 2. The first-order valence-corrected chi connectivity index (χ1v) is 14.9. The number of benzene rings is 2. The van der Waals surface area contributed by atoms with Crippen LogP contribution in [0.5, 0.6) is 5.75 Å². The number of carbonyl (C=O) groups is 2. The second-order valence-electron chi connectivity index (χ2n) is 10.7. The number of esters is 1. The molecule has 11 heteroatoms. The zero-order valence-electron chi connectivity index (χ0n) is 23.7. The summed E-state index contributed by atoms with van der Waals surface area (Å²) in [6.07, 6.45) is 2.44. The summed E-state index contributed by atoms with van der Waals surface area (Å²) in [6, 6.07) is 10.6. The lowest BCUT2D eigenvalue weighted by molar-refractivity contribution is 0.0522. The van der Waals surface area contributed by atoms with Crippen LogP contribution >= 0.6 is 0 Å². The molecule has 0 saturated carbocycles. The second kappa shape index (κ2) is 11.3. The third kappa shape index (κ3) is 6.30. The highest BCUT2D eigenvalue weighted by Gasteiger charge is 2.30. The van der Waals surface area contributed by atoms with Gasteiger partial charge in [-0.25, -0.2) is 18.0 Å². The average Bonchev–Trinajstić information content (AvgIpc) is 3.27. The number of aromatic nitrogens is 2. The van der Waals surface area contributed by atoms with E-state index in [9.17, 15) is 18.0 Å². The fourth-order valence-corrected chi connectivity index (χ4v) is 5.44. The SMILES string of the molecule is COC(=O)c1c2c(nn1CCCNC(=O)OC(C)(C)C)-c1cc(-c3cccc(S(C)(=O)=O)c3)c(OC)cc1CC2. The summed E-state index contributed by atoms with van der Waals surface area (Å²) in [5, 5.41) is 7.55. The normalized spacial score (nSPS) is 12.8. The minimum Gasteiger partial charge on any atom is -0.496 e. The molecule has 0 saturated heterocycles. The molecule has 10 nitrogen and oxygen atoms in total.